The molecule has 0 amide bonds. The Morgan fingerprint density at radius 3 is 1.57 bits per heavy atom. The maximum absolute atomic E-state index is 10.3. The molecule has 0 heterocycles. The van der Waals surface area contributed by atoms with Crippen LogP contribution in [0.2, 0.25) is 0 Å². The number of hydrogen-bond acceptors (Lipinski definition) is 5. The van der Waals surface area contributed by atoms with Crippen LogP contribution in [0.25, 0.3) is 0 Å². The second-order valence-corrected chi connectivity index (χ2v) is 5.55. The van der Waals surface area contributed by atoms with Crippen molar-refractivity contribution in [2.24, 2.45) is 9.98 Å². The van der Waals surface area contributed by atoms with Crippen molar-refractivity contribution in [2.45, 2.75) is 23.6 Å². The van der Waals surface area contributed by atoms with Crippen LogP contribution in [0.5, 0.6) is 0 Å². The van der Waals surface area contributed by atoms with Crippen molar-refractivity contribution < 1.29 is 9.59 Å². The van der Waals surface area contributed by atoms with Gasteiger partial charge >= 0.3 is 0 Å². The summed E-state index contributed by atoms with van der Waals surface area (Å²) in [5, 5.41) is 0. The summed E-state index contributed by atoms with van der Waals surface area (Å²) in [7, 11) is 0. The van der Waals surface area contributed by atoms with Gasteiger partial charge in [-0.15, -0.1) is 0 Å². The van der Waals surface area contributed by atoms with E-state index in [0.717, 1.165) is 20.9 Å². The minimum absolute atomic E-state index is 0.626. The molecule has 0 aromatic heterocycles. The highest BCUT2D eigenvalue weighted by Gasteiger charge is 2.04. The minimum Gasteiger partial charge on any atom is -0.211 e. The highest BCUT2D eigenvalue weighted by molar-refractivity contribution is 7.99. The van der Waals surface area contributed by atoms with E-state index in [1.807, 2.05) is 38.1 Å². The third-order valence-corrected chi connectivity index (χ3v) is 3.88. The fraction of sp³-hybridized carbons (Fsp3) is 0.125. The first-order valence-corrected chi connectivity index (χ1v) is 7.00. The molecule has 2 aromatic carbocycles. The lowest BCUT2D eigenvalue weighted by Crippen LogP contribution is -1.80. The molecule has 104 valence electrons. The maximum atomic E-state index is 10.3. The molecule has 0 aliphatic heterocycles. The number of nitrogens with zero attached hydrogens (tertiary/aromatic N) is 2. The van der Waals surface area contributed by atoms with Gasteiger partial charge in [0.2, 0.25) is 12.2 Å². The second-order valence-electron chi connectivity index (χ2n) is 4.40. The fourth-order valence-electron chi connectivity index (χ4n) is 1.87. The molecule has 0 aliphatic carbocycles. The predicted molar refractivity (Wildman–Crippen MR) is 82.0 cm³/mol. The van der Waals surface area contributed by atoms with E-state index in [2.05, 4.69) is 9.98 Å². The van der Waals surface area contributed by atoms with Crippen molar-refractivity contribution in [3.63, 3.8) is 0 Å². The Morgan fingerprint density at radius 1 is 0.810 bits per heavy atom. The highest BCUT2D eigenvalue weighted by atomic mass is 32.2. The van der Waals surface area contributed by atoms with Gasteiger partial charge in [-0.05, 0) is 61.4 Å². The average Bonchev–Trinajstić information content (AvgIpc) is 2.45. The largest absolute Gasteiger partial charge is 0.240 e. The molecule has 2 aromatic rings. The summed E-state index contributed by atoms with van der Waals surface area (Å²) >= 11 is 1.59. The summed E-state index contributed by atoms with van der Waals surface area (Å²) < 4.78 is 0. The van der Waals surface area contributed by atoms with Crippen molar-refractivity contribution in [2.75, 3.05) is 0 Å². The zero-order valence-electron chi connectivity index (χ0n) is 11.6. The molecule has 21 heavy (non-hydrogen) atoms. The van der Waals surface area contributed by atoms with Gasteiger partial charge < -0.3 is 0 Å². The van der Waals surface area contributed by atoms with Gasteiger partial charge in [-0.2, -0.15) is 9.98 Å². The van der Waals surface area contributed by atoms with Crippen LogP contribution in [-0.2, 0) is 9.59 Å². The Hall–Kier alpha value is -2.45. The maximum Gasteiger partial charge on any atom is 0.240 e. The molecular formula is C16H12N2O2S. The molecule has 0 bridgehead atoms. The number of isocyanates is 2. The van der Waals surface area contributed by atoms with E-state index < -0.39 is 0 Å². The van der Waals surface area contributed by atoms with Crippen LogP contribution in [0.1, 0.15) is 11.1 Å². The quantitative estimate of drug-likeness (QED) is 0.621. The van der Waals surface area contributed by atoms with Crippen LogP contribution >= 0.6 is 11.8 Å². The number of rotatable bonds is 4. The smallest absolute Gasteiger partial charge is 0.211 e. The van der Waals surface area contributed by atoms with Crippen LogP contribution in [0, 0.1) is 13.8 Å². The molecule has 0 radical (unpaired) electrons. The first-order chi connectivity index (χ1) is 10.1. The van der Waals surface area contributed by atoms with Crippen molar-refractivity contribution in [1.82, 2.24) is 0 Å². The van der Waals surface area contributed by atoms with Gasteiger partial charge in [-0.1, -0.05) is 11.8 Å². The summed E-state index contributed by atoms with van der Waals surface area (Å²) in [6.45, 7) is 3.79. The van der Waals surface area contributed by atoms with E-state index >= 15 is 0 Å². The van der Waals surface area contributed by atoms with E-state index in [0.29, 0.717) is 11.4 Å². The molecule has 0 aliphatic rings. The SMILES string of the molecule is Cc1cc(Sc2ccc(N=C=O)c(C)c2)ccc1N=C=O. The molecule has 0 N–H and O–H groups in total. The molecule has 0 fully saturated rings. The van der Waals surface area contributed by atoms with Crippen molar-refractivity contribution in [1.29, 1.82) is 0 Å². The summed E-state index contributed by atoms with van der Waals surface area (Å²) in [5.74, 6) is 0. The Labute approximate surface area is 126 Å². The number of aryl methyl sites for hydroxylation is 2. The second kappa shape index (κ2) is 6.82. The van der Waals surface area contributed by atoms with Gasteiger partial charge in [0.05, 0.1) is 11.4 Å². The van der Waals surface area contributed by atoms with Gasteiger partial charge in [0.15, 0.2) is 0 Å². The third kappa shape index (κ3) is 3.77. The first kappa shape index (κ1) is 14.9. The Kier molecular flexibility index (Phi) is 4.85. The monoisotopic (exact) mass is 296 g/mol. The summed E-state index contributed by atoms with van der Waals surface area (Å²) in [6.07, 6.45) is 3.09. The van der Waals surface area contributed by atoms with Gasteiger partial charge in [0.25, 0.3) is 0 Å². The molecule has 5 heteroatoms. The van der Waals surface area contributed by atoms with E-state index in [1.54, 1.807) is 36.1 Å². The van der Waals surface area contributed by atoms with Crippen LogP contribution < -0.4 is 0 Å². The van der Waals surface area contributed by atoms with Crippen molar-refractivity contribution >= 4 is 35.3 Å². The lowest BCUT2D eigenvalue weighted by Gasteiger charge is -2.06. The van der Waals surface area contributed by atoms with Crippen molar-refractivity contribution in [3.05, 3.63) is 47.5 Å². The topological polar surface area (TPSA) is 58.9 Å². The standard InChI is InChI=1S/C16H12N2O2S/c1-11-7-13(3-5-15(11)17-9-19)21-14-4-6-16(18-10-20)12(2)8-14/h3-8H,1-2H3. The molecule has 0 atom stereocenters. The van der Waals surface area contributed by atoms with Gasteiger partial charge in [0.1, 0.15) is 0 Å². The number of aliphatic imine (C=N–C) groups is 2. The van der Waals surface area contributed by atoms with Crippen LogP contribution in [0.3, 0.4) is 0 Å². The minimum atomic E-state index is 0.626. The first-order valence-electron chi connectivity index (χ1n) is 6.19. The van der Waals surface area contributed by atoms with Gasteiger partial charge in [-0.25, -0.2) is 9.59 Å². The molecule has 0 saturated carbocycles. The number of hydrogen-bond donors (Lipinski definition) is 0. The lowest BCUT2D eigenvalue weighted by atomic mass is 10.2. The summed E-state index contributed by atoms with van der Waals surface area (Å²) in [5.41, 5.74) is 3.09. The van der Waals surface area contributed by atoms with Crippen molar-refractivity contribution in [3.8, 4) is 0 Å². The van der Waals surface area contributed by atoms with E-state index in [1.165, 1.54) is 0 Å². The molecular weight excluding hydrogens is 284 g/mol. The summed E-state index contributed by atoms with van der Waals surface area (Å²) in [6, 6.07) is 11.3. The van der Waals surface area contributed by atoms with Crippen LogP contribution in [-0.4, -0.2) is 12.2 Å². The number of carbonyl (C=O) groups excluding carboxylic acids is 2. The molecule has 0 saturated heterocycles. The highest BCUT2D eigenvalue weighted by Crippen LogP contribution is 2.33. The Balaban J connectivity index is 2.26. The molecule has 2 rings (SSSR count). The average molecular weight is 296 g/mol. The molecule has 4 nitrogen and oxygen atoms in total. The zero-order valence-corrected chi connectivity index (χ0v) is 12.4. The van der Waals surface area contributed by atoms with E-state index in [-0.39, 0.29) is 0 Å². The predicted octanol–water partition coefficient (Wildman–Crippen LogP) is 4.39. The molecule has 0 spiro atoms. The van der Waals surface area contributed by atoms with Crippen LogP contribution in [0.15, 0.2) is 56.2 Å². The normalized spacial score (nSPS) is 9.62. The van der Waals surface area contributed by atoms with E-state index in [9.17, 15) is 9.59 Å². The Bertz CT molecular complexity index is 708. The molecule has 0 unspecified atom stereocenters. The third-order valence-electron chi connectivity index (χ3n) is 2.90. The van der Waals surface area contributed by atoms with Gasteiger partial charge in [0, 0.05) is 9.79 Å². The lowest BCUT2D eigenvalue weighted by molar-refractivity contribution is 0.564. The van der Waals surface area contributed by atoms with Gasteiger partial charge in [-0.3, -0.25) is 0 Å². The number of benzene rings is 2. The van der Waals surface area contributed by atoms with Crippen LogP contribution in [0.4, 0.5) is 11.4 Å². The fourth-order valence-corrected chi connectivity index (χ4v) is 2.88. The Morgan fingerprint density at radius 2 is 1.24 bits per heavy atom. The zero-order chi connectivity index (χ0) is 15.2. The summed E-state index contributed by atoms with van der Waals surface area (Å²) in [4.78, 5) is 29.9. The van der Waals surface area contributed by atoms with E-state index in [4.69, 9.17) is 0 Å².